The number of nitrogens with zero attached hydrogens (tertiary/aromatic N) is 2. The van der Waals surface area contributed by atoms with Crippen LogP contribution in [0.25, 0.3) is 0 Å². The summed E-state index contributed by atoms with van der Waals surface area (Å²) in [6.07, 6.45) is 1.69. The highest BCUT2D eigenvalue weighted by atomic mass is 16.2. The molecule has 0 radical (unpaired) electrons. The first-order valence-corrected chi connectivity index (χ1v) is 4.81. The number of anilines is 2. The largest absolute Gasteiger partial charge is 0.397 e. The molecular formula is C10H13N5O. The number of aromatic amines is 1. The summed E-state index contributed by atoms with van der Waals surface area (Å²) in [5.74, 6) is 0.271. The average molecular weight is 219 g/mol. The quantitative estimate of drug-likeness (QED) is 0.700. The van der Waals surface area contributed by atoms with Crippen LogP contribution in [-0.2, 0) is 7.05 Å². The number of amides is 1. The third-order valence-electron chi connectivity index (χ3n) is 2.21. The summed E-state index contributed by atoms with van der Waals surface area (Å²) in [6, 6.07) is 3.37. The zero-order valence-electron chi connectivity index (χ0n) is 9.11. The van der Waals surface area contributed by atoms with E-state index in [1.165, 1.54) is 0 Å². The zero-order valence-corrected chi connectivity index (χ0v) is 9.11. The van der Waals surface area contributed by atoms with E-state index < -0.39 is 0 Å². The molecule has 16 heavy (non-hydrogen) atoms. The van der Waals surface area contributed by atoms with Crippen LogP contribution in [0.1, 0.15) is 16.2 Å². The van der Waals surface area contributed by atoms with Gasteiger partial charge in [-0.05, 0) is 13.0 Å². The molecule has 0 aliphatic rings. The van der Waals surface area contributed by atoms with Crippen molar-refractivity contribution in [2.75, 3.05) is 11.1 Å². The Balaban J connectivity index is 2.17. The molecule has 0 saturated heterocycles. The Morgan fingerprint density at radius 1 is 1.56 bits per heavy atom. The van der Waals surface area contributed by atoms with E-state index in [0.29, 0.717) is 17.2 Å². The van der Waals surface area contributed by atoms with E-state index in [9.17, 15) is 4.79 Å². The number of hydrogen-bond donors (Lipinski definition) is 3. The summed E-state index contributed by atoms with van der Waals surface area (Å²) in [5, 5.41) is 9.34. The van der Waals surface area contributed by atoms with Crippen molar-refractivity contribution < 1.29 is 4.79 Å². The van der Waals surface area contributed by atoms with E-state index in [2.05, 4.69) is 15.5 Å². The summed E-state index contributed by atoms with van der Waals surface area (Å²) in [4.78, 5) is 11.8. The molecule has 0 aliphatic heterocycles. The number of aromatic nitrogens is 3. The van der Waals surface area contributed by atoms with E-state index in [1.807, 2.05) is 6.92 Å². The molecule has 2 aromatic heterocycles. The molecular weight excluding hydrogens is 206 g/mol. The minimum atomic E-state index is -0.231. The van der Waals surface area contributed by atoms with Crippen molar-refractivity contribution in [3.8, 4) is 0 Å². The number of hydrogen-bond acceptors (Lipinski definition) is 3. The molecule has 2 aromatic rings. The van der Waals surface area contributed by atoms with Crippen molar-refractivity contribution in [1.29, 1.82) is 0 Å². The molecule has 0 spiro atoms. The average Bonchev–Trinajstić information content (AvgIpc) is 2.73. The number of carbonyl (C=O) groups is 1. The SMILES string of the molecule is Cc1cc(NC(=O)c2cc(N)cn2C)n[nH]1. The maximum Gasteiger partial charge on any atom is 0.273 e. The molecule has 0 saturated carbocycles. The lowest BCUT2D eigenvalue weighted by atomic mass is 10.3. The summed E-state index contributed by atoms with van der Waals surface area (Å²) < 4.78 is 1.67. The summed E-state index contributed by atoms with van der Waals surface area (Å²) >= 11 is 0. The lowest BCUT2D eigenvalue weighted by molar-refractivity contribution is 0.101. The molecule has 2 rings (SSSR count). The van der Waals surface area contributed by atoms with Crippen molar-refractivity contribution >= 4 is 17.4 Å². The second-order valence-corrected chi connectivity index (χ2v) is 3.66. The molecule has 0 atom stereocenters. The van der Waals surface area contributed by atoms with Crippen LogP contribution in [0.2, 0.25) is 0 Å². The lowest BCUT2D eigenvalue weighted by Gasteiger charge is -2.02. The predicted octanol–water partition coefficient (Wildman–Crippen LogP) is 0.891. The van der Waals surface area contributed by atoms with Gasteiger partial charge in [0.25, 0.3) is 5.91 Å². The van der Waals surface area contributed by atoms with Crippen molar-refractivity contribution in [3.05, 3.63) is 29.7 Å². The number of carbonyl (C=O) groups excluding carboxylic acids is 1. The molecule has 4 N–H and O–H groups in total. The molecule has 6 heteroatoms. The van der Waals surface area contributed by atoms with Gasteiger partial charge < -0.3 is 15.6 Å². The molecule has 0 unspecified atom stereocenters. The van der Waals surface area contributed by atoms with Crippen LogP contribution in [0.5, 0.6) is 0 Å². The number of nitrogens with two attached hydrogens (primary N) is 1. The van der Waals surface area contributed by atoms with Gasteiger partial charge in [0.1, 0.15) is 5.69 Å². The predicted molar refractivity (Wildman–Crippen MR) is 61.1 cm³/mol. The van der Waals surface area contributed by atoms with Crippen LogP contribution in [0, 0.1) is 6.92 Å². The maximum atomic E-state index is 11.8. The van der Waals surface area contributed by atoms with E-state index in [-0.39, 0.29) is 5.91 Å². The molecule has 0 aromatic carbocycles. The van der Waals surface area contributed by atoms with E-state index in [4.69, 9.17) is 5.73 Å². The molecule has 84 valence electrons. The molecule has 0 fully saturated rings. The fourth-order valence-electron chi connectivity index (χ4n) is 1.48. The number of H-pyrrole nitrogens is 1. The topological polar surface area (TPSA) is 88.7 Å². The first-order chi connectivity index (χ1) is 7.56. The third-order valence-corrected chi connectivity index (χ3v) is 2.21. The Morgan fingerprint density at radius 3 is 2.81 bits per heavy atom. The summed E-state index contributed by atoms with van der Waals surface area (Å²) in [7, 11) is 1.76. The van der Waals surface area contributed by atoms with Crippen molar-refractivity contribution in [2.24, 2.45) is 7.05 Å². The number of aryl methyl sites for hydroxylation is 2. The highest BCUT2D eigenvalue weighted by Crippen LogP contribution is 2.11. The van der Waals surface area contributed by atoms with Crippen LogP contribution >= 0.6 is 0 Å². The summed E-state index contributed by atoms with van der Waals surface area (Å²) in [5.41, 5.74) is 7.54. The fraction of sp³-hybridized carbons (Fsp3) is 0.200. The van der Waals surface area contributed by atoms with Gasteiger partial charge in [-0.1, -0.05) is 0 Å². The standard InChI is InChI=1S/C10H13N5O/c1-6-3-9(14-13-6)12-10(16)8-4-7(11)5-15(8)2/h3-5H,11H2,1-2H3,(H2,12,13,14,16). The van der Waals surface area contributed by atoms with Gasteiger partial charge in [-0.3, -0.25) is 9.89 Å². The molecule has 1 amide bonds. The fourth-order valence-corrected chi connectivity index (χ4v) is 1.48. The van der Waals surface area contributed by atoms with Gasteiger partial charge in [-0.25, -0.2) is 0 Å². The minimum absolute atomic E-state index is 0.231. The van der Waals surface area contributed by atoms with Crippen LogP contribution < -0.4 is 11.1 Å². The lowest BCUT2D eigenvalue weighted by Crippen LogP contribution is -2.15. The van der Waals surface area contributed by atoms with Gasteiger partial charge in [0.15, 0.2) is 5.82 Å². The Labute approximate surface area is 92.5 Å². The van der Waals surface area contributed by atoms with Crippen LogP contribution in [0.15, 0.2) is 18.3 Å². The van der Waals surface area contributed by atoms with Crippen molar-refractivity contribution in [3.63, 3.8) is 0 Å². The van der Waals surface area contributed by atoms with Gasteiger partial charge in [-0.15, -0.1) is 0 Å². The first-order valence-electron chi connectivity index (χ1n) is 4.81. The Hall–Kier alpha value is -2.24. The molecule has 0 bridgehead atoms. The van der Waals surface area contributed by atoms with Crippen LogP contribution in [0.4, 0.5) is 11.5 Å². The first kappa shape index (κ1) is 10.3. The maximum absolute atomic E-state index is 11.8. The minimum Gasteiger partial charge on any atom is -0.397 e. The highest BCUT2D eigenvalue weighted by molar-refractivity contribution is 6.03. The van der Waals surface area contributed by atoms with Gasteiger partial charge in [0.05, 0.1) is 5.69 Å². The number of rotatable bonds is 2. The Morgan fingerprint density at radius 2 is 2.31 bits per heavy atom. The van der Waals surface area contributed by atoms with Gasteiger partial charge in [0, 0.05) is 25.0 Å². The number of nitrogen functional groups attached to an aromatic ring is 1. The van der Waals surface area contributed by atoms with Crippen molar-refractivity contribution in [2.45, 2.75) is 6.92 Å². The van der Waals surface area contributed by atoms with Gasteiger partial charge in [-0.2, -0.15) is 5.10 Å². The Bertz CT molecular complexity index is 525. The number of nitrogens with one attached hydrogen (secondary N) is 2. The normalized spacial score (nSPS) is 10.4. The van der Waals surface area contributed by atoms with E-state index in [0.717, 1.165) is 5.69 Å². The smallest absolute Gasteiger partial charge is 0.273 e. The van der Waals surface area contributed by atoms with Crippen molar-refractivity contribution in [1.82, 2.24) is 14.8 Å². The molecule has 0 aliphatic carbocycles. The highest BCUT2D eigenvalue weighted by Gasteiger charge is 2.11. The van der Waals surface area contributed by atoms with Gasteiger partial charge >= 0.3 is 0 Å². The molecule has 6 nitrogen and oxygen atoms in total. The summed E-state index contributed by atoms with van der Waals surface area (Å²) in [6.45, 7) is 1.86. The second kappa shape index (κ2) is 3.73. The second-order valence-electron chi connectivity index (χ2n) is 3.66. The third kappa shape index (κ3) is 1.90. The van der Waals surface area contributed by atoms with E-state index in [1.54, 1.807) is 29.9 Å². The van der Waals surface area contributed by atoms with E-state index >= 15 is 0 Å². The Kier molecular flexibility index (Phi) is 2.40. The molecule has 2 heterocycles. The van der Waals surface area contributed by atoms with Crippen LogP contribution in [0.3, 0.4) is 0 Å². The van der Waals surface area contributed by atoms with Crippen LogP contribution in [-0.4, -0.2) is 20.7 Å². The zero-order chi connectivity index (χ0) is 11.7. The van der Waals surface area contributed by atoms with Gasteiger partial charge in [0.2, 0.25) is 0 Å². The monoisotopic (exact) mass is 219 g/mol.